The third-order valence-electron chi connectivity index (χ3n) is 3.96. The van der Waals surface area contributed by atoms with Gasteiger partial charge >= 0.3 is 29.6 Å². The van der Waals surface area contributed by atoms with Crippen LogP contribution in [0.15, 0.2) is 41.6 Å². The summed E-state index contributed by atoms with van der Waals surface area (Å²) in [6, 6.07) is 8.36. The summed E-state index contributed by atoms with van der Waals surface area (Å²) in [5, 5.41) is 22.7. The number of aliphatic hydroxyl groups is 1. The first-order valence-electron chi connectivity index (χ1n) is 7.35. The minimum Gasteiger partial charge on any atom is -0.543 e. The van der Waals surface area contributed by atoms with E-state index in [2.05, 4.69) is 5.32 Å². The van der Waals surface area contributed by atoms with Crippen molar-refractivity contribution in [3.8, 4) is 0 Å². The Labute approximate surface area is 170 Å². The van der Waals surface area contributed by atoms with Crippen molar-refractivity contribution in [1.82, 2.24) is 10.2 Å². The Morgan fingerprint density at radius 1 is 1.32 bits per heavy atom. The summed E-state index contributed by atoms with van der Waals surface area (Å²) in [4.78, 5) is 36.7. The Balaban J connectivity index is 0.00000225. The molecule has 1 saturated heterocycles. The second-order valence-electron chi connectivity index (χ2n) is 5.52. The molecule has 25 heavy (non-hydrogen) atoms. The summed E-state index contributed by atoms with van der Waals surface area (Å²) in [6.45, 7) is -0.447. The molecule has 0 aromatic heterocycles. The zero-order valence-electron chi connectivity index (χ0n) is 13.6. The number of nitrogens with zero attached hydrogens (tertiary/aromatic N) is 1. The first kappa shape index (κ1) is 20.0. The predicted octanol–water partition coefficient (Wildman–Crippen LogP) is -4.37. The van der Waals surface area contributed by atoms with Gasteiger partial charge in [-0.3, -0.25) is 14.5 Å². The molecule has 9 heteroatoms. The molecule has 2 aliphatic heterocycles. The van der Waals surface area contributed by atoms with Crippen LogP contribution in [0, 0.1) is 0 Å². The van der Waals surface area contributed by atoms with Crippen molar-refractivity contribution in [2.24, 2.45) is 0 Å². The maximum atomic E-state index is 12.3. The molecule has 1 fully saturated rings. The monoisotopic (exact) mass is 370 g/mol. The summed E-state index contributed by atoms with van der Waals surface area (Å²) >= 11 is 1.31. The Kier molecular flexibility index (Phi) is 6.70. The number of hydrogen-bond acceptors (Lipinski definition) is 6. The van der Waals surface area contributed by atoms with Crippen LogP contribution in [0.25, 0.3) is 0 Å². The first-order chi connectivity index (χ1) is 11.5. The van der Waals surface area contributed by atoms with E-state index in [1.165, 1.54) is 11.8 Å². The van der Waals surface area contributed by atoms with Gasteiger partial charge in [0.25, 0.3) is 5.91 Å². The van der Waals surface area contributed by atoms with Crippen molar-refractivity contribution in [3.05, 3.63) is 47.2 Å². The second-order valence-corrected chi connectivity index (χ2v) is 6.62. The number of carbonyl (C=O) groups is 3. The molecule has 0 bridgehead atoms. The minimum atomic E-state index is -1.49. The molecule has 2 amide bonds. The molecule has 0 unspecified atom stereocenters. The standard InChI is InChI=1S/C16H16N2O5S.Na/c19-7-10-8-24-15-12(14(21)18(15)13(10)16(22)23)17-11(20)6-9-4-2-1-3-5-9;/h1-5,12,15,19H,6-8H2,(H,17,20)(H,22,23);/q;+1/p-1/t12-,15+;/m1./s1. The Hall–Kier alpha value is -1.32. The number of amides is 2. The fourth-order valence-electron chi connectivity index (χ4n) is 2.80. The number of fused-ring (bicyclic) bond motifs is 1. The summed E-state index contributed by atoms with van der Waals surface area (Å²) in [7, 11) is 0. The number of carbonyl (C=O) groups excluding carboxylic acids is 3. The number of aliphatic carboxylic acids is 1. The Morgan fingerprint density at radius 3 is 2.60 bits per heavy atom. The van der Waals surface area contributed by atoms with Crippen molar-refractivity contribution in [2.75, 3.05) is 12.4 Å². The zero-order chi connectivity index (χ0) is 17.3. The summed E-state index contributed by atoms with van der Waals surface area (Å²) in [6.07, 6.45) is 0.146. The van der Waals surface area contributed by atoms with Gasteiger partial charge in [-0.25, -0.2) is 0 Å². The van der Waals surface area contributed by atoms with Gasteiger partial charge in [0.15, 0.2) is 0 Å². The van der Waals surface area contributed by atoms with E-state index in [0.29, 0.717) is 0 Å². The van der Waals surface area contributed by atoms with Gasteiger partial charge in [0.05, 0.1) is 24.7 Å². The molecule has 0 radical (unpaired) electrons. The van der Waals surface area contributed by atoms with E-state index >= 15 is 0 Å². The normalized spacial score (nSPS) is 21.8. The third kappa shape index (κ3) is 3.93. The molecule has 126 valence electrons. The molecule has 0 saturated carbocycles. The van der Waals surface area contributed by atoms with Gasteiger partial charge in [-0.1, -0.05) is 30.3 Å². The fourth-order valence-corrected chi connectivity index (χ4v) is 4.13. The first-order valence-corrected chi connectivity index (χ1v) is 8.40. The molecule has 3 rings (SSSR count). The van der Waals surface area contributed by atoms with Crippen LogP contribution in [0.3, 0.4) is 0 Å². The summed E-state index contributed by atoms with van der Waals surface area (Å²) in [5.41, 5.74) is 0.797. The maximum absolute atomic E-state index is 12.3. The quantitative estimate of drug-likeness (QED) is 0.400. The van der Waals surface area contributed by atoms with Gasteiger partial charge in [-0.2, -0.15) is 0 Å². The number of carboxylic acids is 1. The van der Waals surface area contributed by atoms with Crippen molar-refractivity contribution < 1.29 is 54.2 Å². The SMILES string of the molecule is O=C(Cc1ccccc1)N[C@@H]1C(=O)N2C(C(=O)[O-])=C(CO)CS[C@@H]12.[Na+]. The van der Waals surface area contributed by atoms with E-state index < -0.39 is 29.9 Å². The Morgan fingerprint density at radius 2 is 2.00 bits per heavy atom. The van der Waals surface area contributed by atoms with Crippen LogP contribution in [-0.2, 0) is 20.8 Å². The van der Waals surface area contributed by atoms with Crippen LogP contribution >= 0.6 is 11.8 Å². The van der Waals surface area contributed by atoms with Crippen LogP contribution in [0.1, 0.15) is 5.56 Å². The van der Waals surface area contributed by atoms with Gasteiger partial charge < -0.3 is 20.3 Å². The molecular weight excluding hydrogens is 355 g/mol. The van der Waals surface area contributed by atoms with Crippen molar-refractivity contribution in [1.29, 1.82) is 0 Å². The molecule has 1 aromatic rings. The van der Waals surface area contributed by atoms with E-state index in [1.807, 2.05) is 30.3 Å². The van der Waals surface area contributed by atoms with E-state index in [-0.39, 0.29) is 58.9 Å². The van der Waals surface area contributed by atoms with Crippen molar-refractivity contribution in [3.63, 3.8) is 0 Å². The number of thioether (sulfide) groups is 1. The van der Waals surface area contributed by atoms with Gasteiger partial charge in [-0.15, -0.1) is 11.8 Å². The van der Waals surface area contributed by atoms with Crippen LogP contribution in [0.5, 0.6) is 0 Å². The van der Waals surface area contributed by atoms with Crippen molar-refractivity contribution >= 4 is 29.5 Å². The fraction of sp³-hybridized carbons (Fsp3) is 0.312. The molecular formula is C16H15N2NaO5S. The number of benzene rings is 1. The molecule has 2 N–H and O–H groups in total. The number of aliphatic hydroxyl groups excluding tert-OH is 1. The summed E-state index contributed by atoms with van der Waals surface area (Å²) in [5.74, 6) is -2.02. The maximum Gasteiger partial charge on any atom is 1.00 e. The molecule has 2 aliphatic rings. The number of nitrogens with one attached hydrogen (secondary N) is 1. The smallest absolute Gasteiger partial charge is 0.543 e. The number of hydrogen-bond donors (Lipinski definition) is 2. The molecule has 2 atom stereocenters. The largest absolute Gasteiger partial charge is 1.00 e. The minimum absolute atomic E-state index is 0. The molecule has 0 spiro atoms. The van der Waals surface area contributed by atoms with E-state index in [9.17, 15) is 24.6 Å². The zero-order valence-corrected chi connectivity index (χ0v) is 16.4. The van der Waals surface area contributed by atoms with Crippen LogP contribution < -0.4 is 40.0 Å². The average molecular weight is 370 g/mol. The van der Waals surface area contributed by atoms with Crippen molar-refractivity contribution in [2.45, 2.75) is 17.8 Å². The molecule has 0 aliphatic carbocycles. The predicted molar refractivity (Wildman–Crippen MR) is 84.3 cm³/mol. The van der Waals surface area contributed by atoms with Gasteiger partial charge in [0.1, 0.15) is 11.4 Å². The topological polar surface area (TPSA) is 110 Å². The molecule has 7 nitrogen and oxygen atoms in total. The van der Waals surface area contributed by atoms with E-state index in [0.717, 1.165) is 10.5 Å². The van der Waals surface area contributed by atoms with Crippen LogP contribution in [0.2, 0.25) is 0 Å². The van der Waals surface area contributed by atoms with Gasteiger partial charge in [0, 0.05) is 5.75 Å². The van der Waals surface area contributed by atoms with Gasteiger partial charge in [-0.05, 0) is 11.1 Å². The summed E-state index contributed by atoms with van der Waals surface area (Å²) < 4.78 is 0. The molecule has 2 heterocycles. The number of carboxylic acid groups (broad SMARTS) is 1. The second kappa shape index (κ2) is 8.37. The number of β-lactam (4-membered cyclic amide) rings is 1. The molecule has 1 aromatic carbocycles. The van der Waals surface area contributed by atoms with Crippen LogP contribution in [0.4, 0.5) is 0 Å². The number of rotatable bonds is 5. The Bertz CT molecular complexity index is 724. The average Bonchev–Trinajstić information content (AvgIpc) is 2.58. The van der Waals surface area contributed by atoms with Crippen LogP contribution in [-0.4, -0.2) is 51.6 Å². The van der Waals surface area contributed by atoms with Gasteiger partial charge in [0.2, 0.25) is 5.91 Å². The van der Waals surface area contributed by atoms with E-state index in [1.54, 1.807) is 0 Å². The van der Waals surface area contributed by atoms with E-state index in [4.69, 9.17) is 0 Å². The third-order valence-corrected chi connectivity index (χ3v) is 5.30.